The summed E-state index contributed by atoms with van der Waals surface area (Å²) in [7, 11) is 0. The van der Waals surface area contributed by atoms with Crippen LogP contribution in [-0.4, -0.2) is 43.2 Å². The Morgan fingerprint density at radius 1 is 1.16 bits per heavy atom. The number of alkyl halides is 3. The van der Waals surface area contributed by atoms with Gasteiger partial charge in [0.1, 0.15) is 28.7 Å². The van der Waals surface area contributed by atoms with Crippen LogP contribution in [0, 0.1) is 11.5 Å². The molecule has 0 bridgehead atoms. The van der Waals surface area contributed by atoms with E-state index in [1.54, 1.807) is 41.6 Å². The number of nitrogens with two attached hydrogens (primary N) is 1. The molecule has 5 rings (SSSR count). The average molecular weight is 506 g/mol. The number of imidazole rings is 1. The van der Waals surface area contributed by atoms with Crippen LogP contribution < -0.4 is 11.1 Å². The van der Waals surface area contributed by atoms with Crippen molar-refractivity contribution >= 4 is 23.1 Å². The van der Waals surface area contributed by atoms with E-state index >= 15 is 0 Å². The van der Waals surface area contributed by atoms with E-state index in [0.29, 0.717) is 35.7 Å². The zero-order valence-corrected chi connectivity index (χ0v) is 19.4. The Morgan fingerprint density at radius 3 is 2.68 bits per heavy atom. The molecular formula is C25H21F3N8O. The second-order valence-electron chi connectivity index (χ2n) is 8.69. The predicted molar refractivity (Wildman–Crippen MR) is 129 cm³/mol. The van der Waals surface area contributed by atoms with Gasteiger partial charge in [-0.15, -0.1) is 0 Å². The van der Waals surface area contributed by atoms with Gasteiger partial charge in [-0.3, -0.25) is 9.20 Å². The minimum Gasteiger partial charge on any atom is -0.382 e. The highest BCUT2D eigenvalue weighted by molar-refractivity contribution is 6.04. The van der Waals surface area contributed by atoms with Crippen molar-refractivity contribution in [2.75, 3.05) is 24.1 Å². The van der Waals surface area contributed by atoms with Crippen LogP contribution in [0.2, 0.25) is 0 Å². The van der Waals surface area contributed by atoms with Crippen molar-refractivity contribution in [3.8, 4) is 17.5 Å². The van der Waals surface area contributed by atoms with Gasteiger partial charge in [0, 0.05) is 48.7 Å². The fourth-order valence-electron chi connectivity index (χ4n) is 4.50. The van der Waals surface area contributed by atoms with Crippen LogP contribution in [0.25, 0.3) is 16.8 Å². The first-order valence-corrected chi connectivity index (χ1v) is 11.5. The maximum absolute atomic E-state index is 13.0. The van der Waals surface area contributed by atoms with E-state index in [2.05, 4.69) is 21.5 Å². The zero-order valence-electron chi connectivity index (χ0n) is 19.4. The van der Waals surface area contributed by atoms with E-state index in [0.717, 1.165) is 37.0 Å². The average Bonchev–Trinajstić information content (AvgIpc) is 3.29. The van der Waals surface area contributed by atoms with E-state index in [1.165, 1.54) is 0 Å². The maximum atomic E-state index is 13.0. The molecule has 1 aliphatic rings. The Hall–Kier alpha value is -4.66. The number of halogens is 3. The Balaban J connectivity index is 1.43. The number of benzene rings is 1. The molecule has 1 aliphatic heterocycles. The third-order valence-electron chi connectivity index (χ3n) is 6.29. The van der Waals surface area contributed by atoms with Crippen molar-refractivity contribution < 1.29 is 18.0 Å². The summed E-state index contributed by atoms with van der Waals surface area (Å²) in [6.07, 6.45) is 3.78. The number of likely N-dealkylation sites (tertiary alicyclic amines) is 1. The summed E-state index contributed by atoms with van der Waals surface area (Å²) in [6.45, 7) is 1.27. The molecule has 9 nitrogen and oxygen atoms in total. The lowest BCUT2D eigenvalue weighted by Crippen LogP contribution is -2.31. The van der Waals surface area contributed by atoms with Crippen molar-refractivity contribution in [3.05, 3.63) is 71.9 Å². The number of pyridine rings is 1. The number of hydrogen-bond donors (Lipinski definition) is 2. The molecule has 4 aromatic rings. The molecule has 0 radical (unpaired) electrons. The van der Waals surface area contributed by atoms with Gasteiger partial charge in [-0.05, 0) is 37.1 Å². The largest absolute Gasteiger partial charge is 0.416 e. The summed E-state index contributed by atoms with van der Waals surface area (Å²) < 4.78 is 40.8. The second-order valence-corrected chi connectivity index (χ2v) is 8.69. The van der Waals surface area contributed by atoms with Gasteiger partial charge in [0.2, 0.25) is 0 Å². The lowest BCUT2D eigenvalue weighted by atomic mass is 9.98. The number of rotatable bonds is 4. The summed E-state index contributed by atoms with van der Waals surface area (Å²) in [5.41, 5.74) is 7.43. The number of aromatic nitrogens is 4. The summed E-state index contributed by atoms with van der Waals surface area (Å²) in [6, 6.07) is 8.09. The first kappa shape index (κ1) is 24.1. The summed E-state index contributed by atoms with van der Waals surface area (Å²) in [5, 5.41) is 11.7. The minimum absolute atomic E-state index is 0.0291. The third-order valence-corrected chi connectivity index (χ3v) is 6.29. The zero-order chi connectivity index (χ0) is 26.2. The number of carbonyl (C=O) groups is 1. The van der Waals surface area contributed by atoms with Gasteiger partial charge in [-0.2, -0.15) is 18.4 Å². The maximum Gasteiger partial charge on any atom is 0.416 e. The highest BCUT2D eigenvalue weighted by Crippen LogP contribution is 2.34. The lowest BCUT2D eigenvalue weighted by molar-refractivity contribution is -0.137. The Kier molecular flexibility index (Phi) is 6.12. The fourth-order valence-corrected chi connectivity index (χ4v) is 4.50. The molecular weight excluding hydrogens is 485 g/mol. The van der Waals surface area contributed by atoms with Crippen LogP contribution in [0.15, 0.2) is 55.0 Å². The number of nitrogens with one attached hydrogen (secondary N) is 1. The first-order chi connectivity index (χ1) is 17.7. The molecule has 1 amide bonds. The standard InChI is InChI=1S/C25H21F3N8O/c26-25(27,28)18-7-8-31-19(12-18)33-24(37)16-5-3-15(4-6-16)20-21-22(30)32-9-11-36(21)23(34-20)17-2-1-10-35(13-17)14-29/h3-9,11-12,17H,1-2,10,13H2,(H2,30,32)(H,31,33,37)/t17-/m1/s1. The van der Waals surface area contributed by atoms with Gasteiger partial charge >= 0.3 is 6.18 Å². The molecule has 1 atom stereocenters. The van der Waals surface area contributed by atoms with Crippen LogP contribution in [0.5, 0.6) is 0 Å². The normalized spacial score (nSPS) is 15.9. The molecule has 0 saturated carbocycles. The van der Waals surface area contributed by atoms with Crippen LogP contribution in [0.4, 0.5) is 24.8 Å². The smallest absolute Gasteiger partial charge is 0.382 e. The number of fused-ring (bicyclic) bond motifs is 1. The number of nitrogens with zero attached hydrogens (tertiary/aromatic N) is 6. The van der Waals surface area contributed by atoms with E-state index in [-0.39, 0.29) is 17.3 Å². The summed E-state index contributed by atoms with van der Waals surface area (Å²) >= 11 is 0. The number of hydrogen-bond acceptors (Lipinski definition) is 7. The molecule has 37 heavy (non-hydrogen) atoms. The number of nitriles is 1. The molecule has 3 aromatic heterocycles. The number of carbonyl (C=O) groups excluding carboxylic acids is 1. The number of nitrogen functional groups attached to an aromatic ring is 1. The third kappa shape index (κ3) is 4.75. The highest BCUT2D eigenvalue weighted by atomic mass is 19.4. The predicted octanol–water partition coefficient (Wildman–Crippen LogP) is 4.31. The van der Waals surface area contributed by atoms with E-state index in [4.69, 9.17) is 10.7 Å². The topological polar surface area (TPSA) is 125 Å². The quantitative estimate of drug-likeness (QED) is 0.395. The summed E-state index contributed by atoms with van der Waals surface area (Å²) in [5.74, 6) is 0.291. The van der Waals surface area contributed by atoms with Gasteiger partial charge in [-0.1, -0.05) is 12.1 Å². The molecule has 1 saturated heterocycles. The van der Waals surface area contributed by atoms with Crippen molar-refractivity contribution in [1.29, 1.82) is 5.26 Å². The Bertz CT molecular complexity index is 1510. The number of amides is 1. The van der Waals surface area contributed by atoms with Crippen molar-refractivity contribution in [2.24, 2.45) is 0 Å². The van der Waals surface area contributed by atoms with Crippen LogP contribution in [0.3, 0.4) is 0 Å². The number of piperidine rings is 1. The molecule has 1 aromatic carbocycles. The van der Waals surface area contributed by atoms with Crippen molar-refractivity contribution in [2.45, 2.75) is 24.9 Å². The molecule has 0 spiro atoms. The van der Waals surface area contributed by atoms with Gasteiger partial charge in [-0.25, -0.2) is 15.0 Å². The SMILES string of the molecule is N#CN1CCC[C@@H](c2nc(-c3ccc(C(=O)Nc4cc(C(F)(F)F)ccn4)cc3)c3c(N)nccn23)C1. The van der Waals surface area contributed by atoms with E-state index in [1.807, 2.05) is 4.40 Å². The van der Waals surface area contributed by atoms with Gasteiger partial charge in [0.25, 0.3) is 5.91 Å². The van der Waals surface area contributed by atoms with Crippen LogP contribution >= 0.6 is 0 Å². The van der Waals surface area contributed by atoms with Crippen LogP contribution in [0.1, 0.15) is 40.5 Å². The van der Waals surface area contributed by atoms with Crippen molar-refractivity contribution in [1.82, 2.24) is 24.3 Å². The first-order valence-electron chi connectivity index (χ1n) is 11.5. The number of anilines is 2. The van der Waals surface area contributed by atoms with Crippen LogP contribution in [-0.2, 0) is 6.18 Å². The summed E-state index contributed by atoms with van der Waals surface area (Å²) in [4.78, 5) is 27.2. The van der Waals surface area contributed by atoms with Gasteiger partial charge < -0.3 is 16.0 Å². The Morgan fingerprint density at radius 2 is 1.95 bits per heavy atom. The second kappa shape index (κ2) is 9.42. The molecule has 188 valence electrons. The van der Waals surface area contributed by atoms with Gasteiger partial charge in [0.05, 0.1) is 5.56 Å². The lowest BCUT2D eigenvalue weighted by Gasteiger charge is -2.27. The van der Waals surface area contributed by atoms with E-state index in [9.17, 15) is 23.2 Å². The van der Waals surface area contributed by atoms with Crippen molar-refractivity contribution in [3.63, 3.8) is 0 Å². The molecule has 1 fully saturated rings. The Labute approximate surface area is 209 Å². The van der Waals surface area contributed by atoms with E-state index < -0.39 is 17.6 Å². The highest BCUT2D eigenvalue weighted by Gasteiger charge is 2.31. The molecule has 4 heterocycles. The minimum atomic E-state index is -4.54. The fraction of sp³-hybridized carbons (Fsp3) is 0.240. The van der Waals surface area contributed by atoms with Gasteiger partial charge in [0.15, 0.2) is 6.19 Å². The molecule has 0 aliphatic carbocycles. The monoisotopic (exact) mass is 506 g/mol. The molecule has 12 heteroatoms. The molecule has 3 N–H and O–H groups in total. The molecule has 0 unspecified atom stereocenters.